The zero-order valence-corrected chi connectivity index (χ0v) is 20.4. The summed E-state index contributed by atoms with van der Waals surface area (Å²) >= 11 is 0. The molecule has 0 N–H and O–H groups in total. The molecule has 1 fully saturated rings. The first-order valence-electron chi connectivity index (χ1n) is 11.8. The highest BCUT2D eigenvalue weighted by Gasteiger charge is 2.27. The van der Waals surface area contributed by atoms with Gasteiger partial charge < -0.3 is 28.3 Å². The van der Waals surface area contributed by atoms with Gasteiger partial charge in [-0.2, -0.15) is 0 Å². The Morgan fingerprint density at radius 1 is 1.03 bits per heavy atom. The van der Waals surface area contributed by atoms with E-state index in [1.54, 1.807) is 39.0 Å². The minimum absolute atomic E-state index is 0.210. The van der Waals surface area contributed by atoms with Crippen LogP contribution in [0.3, 0.4) is 0 Å². The number of pyridine rings is 2. The van der Waals surface area contributed by atoms with Crippen molar-refractivity contribution < 1.29 is 23.7 Å². The van der Waals surface area contributed by atoms with Crippen molar-refractivity contribution in [3.8, 4) is 28.9 Å². The predicted octanol–water partition coefficient (Wildman–Crippen LogP) is 3.10. The monoisotopic (exact) mass is 489 g/mol. The smallest absolute Gasteiger partial charge is 0.212 e. The second-order valence-corrected chi connectivity index (χ2v) is 9.02. The zero-order chi connectivity index (χ0) is 24.6. The number of nitrogens with zero attached hydrogens (tertiary/aromatic N) is 5. The van der Waals surface area contributed by atoms with Gasteiger partial charge in [0.2, 0.25) is 11.6 Å². The number of likely N-dealkylation sites (tertiary alicyclic amines) is 1. The van der Waals surface area contributed by atoms with Gasteiger partial charge in [-0.3, -0.25) is 4.90 Å². The zero-order valence-electron chi connectivity index (χ0n) is 20.4. The highest BCUT2D eigenvalue weighted by molar-refractivity contribution is 5.72. The minimum atomic E-state index is -0.297. The number of benzene rings is 1. The van der Waals surface area contributed by atoms with Crippen LogP contribution in [0.5, 0.6) is 28.9 Å². The molecule has 36 heavy (non-hydrogen) atoms. The van der Waals surface area contributed by atoms with E-state index in [-0.39, 0.29) is 12.2 Å². The van der Waals surface area contributed by atoms with E-state index >= 15 is 0 Å². The van der Waals surface area contributed by atoms with Gasteiger partial charge in [0.1, 0.15) is 24.0 Å². The Bertz CT molecular complexity index is 1370. The maximum Gasteiger partial charge on any atom is 0.212 e. The van der Waals surface area contributed by atoms with Crippen LogP contribution in [0.25, 0.3) is 11.2 Å². The molecule has 0 spiro atoms. The third kappa shape index (κ3) is 4.24. The lowest BCUT2D eigenvalue weighted by molar-refractivity contribution is 0.0387. The second-order valence-electron chi connectivity index (χ2n) is 9.02. The number of likely N-dealkylation sites (N-methyl/N-ethyl adjacent to an activating group) is 1. The van der Waals surface area contributed by atoms with Crippen molar-refractivity contribution in [2.45, 2.75) is 18.8 Å². The lowest BCUT2D eigenvalue weighted by atomic mass is 10.1. The fraction of sp³-hybridized carbons (Fsp3) is 0.346. The van der Waals surface area contributed by atoms with Crippen molar-refractivity contribution in [1.82, 2.24) is 24.4 Å². The van der Waals surface area contributed by atoms with Gasteiger partial charge in [0.25, 0.3) is 0 Å². The highest BCUT2D eigenvalue weighted by Crippen LogP contribution is 2.44. The number of aromatic nitrogens is 4. The maximum atomic E-state index is 6.26. The van der Waals surface area contributed by atoms with Gasteiger partial charge >= 0.3 is 0 Å². The Morgan fingerprint density at radius 3 is 2.67 bits per heavy atom. The van der Waals surface area contributed by atoms with E-state index in [2.05, 4.69) is 26.9 Å². The number of ether oxygens (including phenoxy) is 5. The van der Waals surface area contributed by atoms with Crippen LogP contribution in [-0.2, 0) is 6.54 Å². The molecule has 0 amide bonds. The topological polar surface area (TPSA) is 93.0 Å². The molecule has 1 atom stereocenters. The molecule has 0 aliphatic carbocycles. The molecule has 3 aromatic heterocycles. The fourth-order valence-corrected chi connectivity index (χ4v) is 4.52. The molecule has 186 valence electrons. The summed E-state index contributed by atoms with van der Waals surface area (Å²) in [5.74, 6) is 3.11. The van der Waals surface area contributed by atoms with Gasteiger partial charge in [-0.1, -0.05) is 0 Å². The predicted molar refractivity (Wildman–Crippen MR) is 131 cm³/mol. The number of hydrogen-bond donors (Lipinski definition) is 0. The van der Waals surface area contributed by atoms with E-state index < -0.39 is 0 Å². The first kappa shape index (κ1) is 22.4. The molecule has 6 rings (SSSR count). The van der Waals surface area contributed by atoms with E-state index in [9.17, 15) is 0 Å². The van der Waals surface area contributed by atoms with Crippen LogP contribution in [0.1, 0.15) is 17.2 Å². The molecular weight excluding hydrogens is 462 g/mol. The second kappa shape index (κ2) is 9.19. The van der Waals surface area contributed by atoms with E-state index in [1.165, 1.54) is 0 Å². The fourth-order valence-electron chi connectivity index (χ4n) is 4.52. The van der Waals surface area contributed by atoms with Crippen LogP contribution in [-0.4, -0.2) is 71.5 Å². The minimum Gasteiger partial charge on any atom is -0.493 e. The molecule has 2 aliphatic heterocycles. The van der Waals surface area contributed by atoms with Gasteiger partial charge in [0.15, 0.2) is 23.3 Å². The van der Waals surface area contributed by atoms with Crippen molar-refractivity contribution in [3.05, 3.63) is 60.2 Å². The molecule has 10 heteroatoms. The Hall–Kier alpha value is -4.05. The summed E-state index contributed by atoms with van der Waals surface area (Å²) in [5, 5.41) is 0. The standard InChI is InChI=1S/C26H27N5O5/c1-30-12-19(13-30)35-18-8-20-26(28-10-18)31(15-29-20)11-16-6-21(32-2)25-22(7-16)34-14-23(36-25)17-4-5-24(33-3)27-9-17/h4-10,15,19,23H,11-14H2,1-3H3/t23-/m1/s1. The van der Waals surface area contributed by atoms with Crippen molar-refractivity contribution in [3.63, 3.8) is 0 Å². The summed E-state index contributed by atoms with van der Waals surface area (Å²) in [5.41, 5.74) is 3.46. The van der Waals surface area contributed by atoms with Gasteiger partial charge in [0.05, 0.1) is 33.3 Å². The number of rotatable bonds is 7. The van der Waals surface area contributed by atoms with Crippen LogP contribution >= 0.6 is 0 Å². The summed E-state index contributed by atoms with van der Waals surface area (Å²) in [7, 11) is 5.29. The summed E-state index contributed by atoms with van der Waals surface area (Å²) in [4.78, 5) is 15.6. The van der Waals surface area contributed by atoms with Gasteiger partial charge in [-0.15, -0.1) is 0 Å². The molecule has 10 nitrogen and oxygen atoms in total. The van der Waals surface area contributed by atoms with Gasteiger partial charge in [0, 0.05) is 37.0 Å². The largest absolute Gasteiger partial charge is 0.493 e. The van der Waals surface area contributed by atoms with Crippen LogP contribution in [0.4, 0.5) is 0 Å². The number of imidazole rings is 1. The summed E-state index contributed by atoms with van der Waals surface area (Å²) in [6, 6.07) is 9.59. The van der Waals surface area contributed by atoms with E-state index in [4.69, 9.17) is 23.7 Å². The average molecular weight is 490 g/mol. The van der Waals surface area contributed by atoms with Crippen LogP contribution in [0, 0.1) is 0 Å². The van der Waals surface area contributed by atoms with Crippen molar-refractivity contribution in [1.29, 1.82) is 0 Å². The summed E-state index contributed by atoms with van der Waals surface area (Å²) < 4.78 is 31.1. The lowest BCUT2D eigenvalue weighted by Gasteiger charge is -2.35. The highest BCUT2D eigenvalue weighted by atomic mass is 16.6. The molecule has 0 unspecified atom stereocenters. The molecule has 4 aromatic rings. The van der Waals surface area contributed by atoms with Crippen molar-refractivity contribution in [2.24, 2.45) is 0 Å². The normalized spacial score (nSPS) is 17.6. The number of methoxy groups -OCH3 is 2. The van der Waals surface area contributed by atoms with Crippen molar-refractivity contribution in [2.75, 3.05) is 41.0 Å². The maximum absolute atomic E-state index is 6.26. The van der Waals surface area contributed by atoms with Gasteiger partial charge in [-0.05, 0) is 30.8 Å². The average Bonchev–Trinajstić information content (AvgIpc) is 3.28. The Balaban J connectivity index is 1.21. The molecule has 1 saturated heterocycles. The summed E-state index contributed by atoms with van der Waals surface area (Å²) in [6.45, 7) is 2.77. The Kier molecular flexibility index (Phi) is 5.73. The Morgan fingerprint density at radius 2 is 1.92 bits per heavy atom. The number of hydrogen-bond acceptors (Lipinski definition) is 9. The summed E-state index contributed by atoms with van der Waals surface area (Å²) in [6.07, 6.45) is 5.19. The Labute approximate surface area is 208 Å². The molecule has 5 heterocycles. The third-order valence-electron chi connectivity index (χ3n) is 6.41. The van der Waals surface area contributed by atoms with Gasteiger partial charge in [-0.25, -0.2) is 15.0 Å². The van der Waals surface area contributed by atoms with E-state index in [0.717, 1.165) is 41.1 Å². The molecule has 0 radical (unpaired) electrons. The number of fused-ring (bicyclic) bond motifs is 2. The first-order chi connectivity index (χ1) is 17.6. The van der Waals surface area contributed by atoms with Crippen molar-refractivity contribution >= 4 is 11.2 Å². The van der Waals surface area contributed by atoms with Crippen LogP contribution in [0.2, 0.25) is 0 Å². The quantitative estimate of drug-likeness (QED) is 0.388. The van der Waals surface area contributed by atoms with E-state index in [0.29, 0.717) is 36.3 Å². The van der Waals surface area contributed by atoms with Crippen LogP contribution < -0.4 is 23.7 Å². The molecule has 0 saturated carbocycles. The molecule has 0 bridgehead atoms. The third-order valence-corrected chi connectivity index (χ3v) is 6.41. The van der Waals surface area contributed by atoms with E-state index in [1.807, 2.05) is 28.8 Å². The first-order valence-corrected chi connectivity index (χ1v) is 11.8. The molecule has 2 aliphatic rings. The SMILES string of the molecule is COc1ccc([C@H]2COc3cc(Cn4cnc5cc(OC6CN(C)C6)cnc54)cc(OC)c3O2)cn1. The van der Waals surface area contributed by atoms with Crippen LogP contribution in [0.15, 0.2) is 49.1 Å². The molecular formula is C26H27N5O5. The lowest BCUT2D eigenvalue weighted by Crippen LogP contribution is -2.51. The molecule has 1 aromatic carbocycles.